The number of nitrogens with zero attached hydrogens (tertiary/aromatic N) is 1. The summed E-state index contributed by atoms with van der Waals surface area (Å²) in [5, 5.41) is 0.972. The SMILES string of the molecule is CC(C)[C@H](N)C(=O)N(C)Cc1cccc(Cl)c1Cl. The molecule has 0 saturated carbocycles. The first-order valence-corrected chi connectivity index (χ1v) is 6.53. The molecule has 1 aromatic carbocycles. The van der Waals surface area contributed by atoms with Crippen molar-refractivity contribution in [3.8, 4) is 0 Å². The molecule has 5 heteroatoms. The molecule has 0 spiro atoms. The van der Waals surface area contributed by atoms with Gasteiger partial charge in [-0.2, -0.15) is 0 Å². The number of carbonyl (C=O) groups excluding carboxylic acids is 1. The second kappa shape index (κ2) is 6.41. The Kier molecular flexibility index (Phi) is 5.45. The van der Waals surface area contributed by atoms with Crippen LogP contribution in [0.1, 0.15) is 19.4 Å². The van der Waals surface area contributed by atoms with E-state index in [9.17, 15) is 4.79 Å². The Bertz CT molecular complexity index is 435. The lowest BCUT2D eigenvalue weighted by Gasteiger charge is -2.24. The molecule has 1 amide bonds. The quantitative estimate of drug-likeness (QED) is 0.926. The van der Waals surface area contributed by atoms with E-state index < -0.39 is 6.04 Å². The van der Waals surface area contributed by atoms with Crippen LogP contribution in [0.5, 0.6) is 0 Å². The number of nitrogens with two attached hydrogens (primary N) is 1. The van der Waals surface area contributed by atoms with E-state index in [-0.39, 0.29) is 11.8 Å². The van der Waals surface area contributed by atoms with Crippen molar-refractivity contribution in [1.82, 2.24) is 4.90 Å². The third-order valence-corrected chi connectivity index (χ3v) is 3.68. The third-order valence-electron chi connectivity index (χ3n) is 2.82. The number of benzene rings is 1. The fourth-order valence-corrected chi connectivity index (χ4v) is 1.92. The lowest BCUT2D eigenvalue weighted by molar-refractivity contribution is -0.132. The van der Waals surface area contributed by atoms with Gasteiger partial charge in [0, 0.05) is 13.6 Å². The van der Waals surface area contributed by atoms with Crippen molar-refractivity contribution in [1.29, 1.82) is 0 Å². The van der Waals surface area contributed by atoms with Crippen LogP contribution in [-0.2, 0) is 11.3 Å². The van der Waals surface area contributed by atoms with E-state index in [0.717, 1.165) is 5.56 Å². The van der Waals surface area contributed by atoms with Gasteiger partial charge in [-0.15, -0.1) is 0 Å². The highest BCUT2D eigenvalue weighted by Gasteiger charge is 2.21. The first-order chi connectivity index (χ1) is 8.34. The number of hydrogen-bond donors (Lipinski definition) is 1. The van der Waals surface area contributed by atoms with Gasteiger partial charge in [-0.1, -0.05) is 49.2 Å². The van der Waals surface area contributed by atoms with E-state index in [2.05, 4.69) is 0 Å². The maximum atomic E-state index is 12.0. The van der Waals surface area contributed by atoms with E-state index in [4.69, 9.17) is 28.9 Å². The number of hydrogen-bond acceptors (Lipinski definition) is 2. The molecule has 0 saturated heterocycles. The standard InChI is InChI=1S/C13H18Cl2N2O/c1-8(2)12(16)13(18)17(3)7-9-5-4-6-10(14)11(9)15/h4-6,8,12H,7,16H2,1-3H3/t12-/m0/s1. The fraction of sp³-hybridized carbons (Fsp3) is 0.462. The van der Waals surface area contributed by atoms with Gasteiger partial charge in [0.1, 0.15) is 0 Å². The zero-order chi connectivity index (χ0) is 13.9. The molecule has 100 valence electrons. The van der Waals surface area contributed by atoms with Crippen LogP contribution in [0.25, 0.3) is 0 Å². The molecular formula is C13H18Cl2N2O. The smallest absolute Gasteiger partial charge is 0.239 e. The number of halogens is 2. The van der Waals surface area contributed by atoms with Crippen LogP contribution in [0.2, 0.25) is 10.0 Å². The molecule has 3 nitrogen and oxygen atoms in total. The second-order valence-electron chi connectivity index (χ2n) is 4.68. The Morgan fingerprint density at radius 2 is 2.00 bits per heavy atom. The van der Waals surface area contributed by atoms with Crippen molar-refractivity contribution in [3.63, 3.8) is 0 Å². The molecule has 0 unspecified atom stereocenters. The zero-order valence-corrected chi connectivity index (χ0v) is 12.3. The van der Waals surface area contributed by atoms with Crippen molar-refractivity contribution in [2.45, 2.75) is 26.4 Å². The Hall–Kier alpha value is -0.770. The molecule has 2 N–H and O–H groups in total. The van der Waals surface area contributed by atoms with Crippen molar-refractivity contribution < 1.29 is 4.79 Å². The summed E-state index contributed by atoms with van der Waals surface area (Å²) in [6.07, 6.45) is 0. The molecule has 0 aliphatic rings. The van der Waals surface area contributed by atoms with E-state index in [1.807, 2.05) is 26.0 Å². The summed E-state index contributed by atoms with van der Waals surface area (Å²) in [5.41, 5.74) is 6.65. The van der Waals surface area contributed by atoms with Gasteiger partial charge >= 0.3 is 0 Å². The van der Waals surface area contributed by atoms with Crippen LogP contribution in [0, 0.1) is 5.92 Å². The normalized spacial score (nSPS) is 12.6. The van der Waals surface area contributed by atoms with Crippen molar-refractivity contribution in [3.05, 3.63) is 33.8 Å². The summed E-state index contributed by atoms with van der Waals surface area (Å²) in [4.78, 5) is 13.6. The molecular weight excluding hydrogens is 271 g/mol. The monoisotopic (exact) mass is 288 g/mol. The molecule has 0 aromatic heterocycles. The third kappa shape index (κ3) is 3.61. The lowest BCUT2D eigenvalue weighted by atomic mass is 10.0. The van der Waals surface area contributed by atoms with Crippen LogP contribution < -0.4 is 5.73 Å². The number of carbonyl (C=O) groups is 1. The van der Waals surface area contributed by atoms with Gasteiger partial charge in [0.25, 0.3) is 0 Å². The Morgan fingerprint density at radius 1 is 1.39 bits per heavy atom. The number of rotatable bonds is 4. The maximum absolute atomic E-state index is 12.0. The van der Waals surface area contributed by atoms with E-state index in [1.54, 1.807) is 18.0 Å². The minimum Gasteiger partial charge on any atom is -0.340 e. The van der Waals surface area contributed by atoms with Crippen LogP contribution >= 0.6 is 23.2 Å². The van der Waals surface area contributed by atoms with Gasteiger partial charge < -0.3 is 10.6 Å². The minimum absolute atomic E-state index is 0.0963. The van der Waals surface area contributed by atoms with E-state index in [0.29, 0.717) is 16.6 Å². The highest BCUT2D eigenvalue weighted by molar-refractivity contribution is 6.42. The number of amides is 1. The van der Waals surface area contributed by atoms with Crippen LogP contribution in [0.4, 0.5) is 0 Å². The van der Waals surface area contributed by atoms with E-state index in [1.165, 1.54) is 0 Å². The van der Waals surface area contributed by atoms with Crippen LogP contribution in [0.3, 0.4) is 0 Å². The van der Waals surface area contributed by atoms with Gasteiger partial charge in [-0.3, -0.25) is 4.79 Å². The van der Waals surface area contributed by atoms with E-state index >= 15 is 0 Å². The lowest BCUT2D eigenvalue weighted by Crippen LogP contribution is -2.44. The predicted molar refractivity (Wildman–Crippen MR) is 75.7 cm³/mol. The highest BCUT2D eigenvalue weighted by Crippen LogP contribution is 2.26. The summed E-state index contributed by atoms with van der Waals surface area (Å²) < 4.78 is 0. The van der Waals surface area contributed by atoms with Crippen molar-refractivity contribution >= 4 is 29.1 Å². The average molecular weight is 289 g/mol. The van der Waals surface area contributed by atoms with Gasteiger partial charge in [-0.05, 0) is 17.5 Å². The van der Waals surface area contributed by atoms with Gasteiger partial charge in [-0.25, -0.2) is 0 Å². The molecule has 0 aliphatic heterocycles. The van der Waals surface area contributed by atoms with Crippen molar-refractivity contribution in [2.75, 3.05) is 7.05 Å². The maximum Gasteiger partial charge on any atom is 0.239 e. The first kappa shape index (κ1) is 15.3. The average Bonchev–Trinajstić information content (AvgIpc) is 2.32. The largest absolute Gasteiger partial charge is 0.340 e. The van der Waals surface area contributed by atoms with Gasteiger partial charge in [0.15, 0.2) is 0 Å². The first-order valence-electron chi connectivity index (χ1n) is 5.78. The minimum atomic E-state index is -0.493. The molecule has 0 aliphatic carbocycles. The fourth-order valence-electron chi connectivity index (χ4n) is 1.54. The molecule has 0 heterocycles. The predicted octanol–water partition coefficient (Wildman–Crippen LogP) is 2.94. The zero-order valence-electron chi connectivity index (χ0n) is 10.8. The van der Waals surface area contributed by atoms with Crippen LogP contribution in [0.15, 0.2) is 18.2 Å². The Labute approximate surface area is 118 Å². The molecule has 1 rings (SSSR count). The summed E-state index contributed by atoms with van der Waals surface area (Å²) in [7, 11) is 1.71. The molecule has 1 atom stereocenters. The second-order valence-corrected chi connectivity index (χ2v) is 5.46. The summed E-state index contributed by atoms with van der Waals surface area (Å²) in [5.74, 6) is 0.0100. The highest BCUT2D eigenvalue weighted by atomic mass is 35.5. The van der Waals surface area contributed by atoms with Crippen molar-refractivity contribution in [2.24, 2.45) is 11.7 Å². The Balaban J connectivity index is 2.79. The summed E-state index contributed by atoms with van der Waals surface area (Å²) in [6.45, 7) is 4.24. The summed E-state index contributed by atoms with van der Waals surface area (Å²) in [6, 6.07) is 4.88. The summed E-state index contributed by atoms with van der Waals surface area (Å²) >= 11 is 12.0. The molecule has 0 radical (unpaired) electrons. The van der Waals surface area contributed by atoms with Crippen LogP contribution in [-0.4, -0.2) is 23.9 Å². The van der Waals surface area contributed by atoms with Gasteiger partial charge in [0.2, 0.25) is 5.91 Å². The molecule has 0 fully saturated rings. The topological polar surface area (TPSA) is 46.3 Å². The number of likely N-dealkylation sites (N-methyl/N-ethyl adjacent to an activating group) is 1. The van der Waals surface area contributed by atoms with Gasteiger partial charge in [0.05, 0.1) is 16.1 Å². The molecule has 1 aromatic rings. The molecule has 0 bridgehead atoms. The molecule has 18 heavy (non-hydrogen) atoms. The Morgan fingerprint density at radius 3 is 2.56 bits per heavy atom.